The van der Waals surface area contributed by atoms with E-state index >= 15 is 0 Å². The van der Waals surface area contributed by atoms with Crippen LogP contribution in [0.3, 0.4) is 0 Å². The SMILES string of the molecule is Fc1ccc([Si](c2ccc(F)cc2)(c2ccc(F)cc2)c2ccc(-c3ccc4ccccc4c3)cc2)cc1. The van der Waals surface area contributed by atoms with Crippen molar-refractivity contribution >= 4 is 39.6 Å². The van der Waals surface area contributed by atoms with Crippen molar-refractivity contribution in [1.82, 2.24) is 0 Å². The fourth-order valence-electron chi connectivity index (χ4n) is 5.38. The lowest BCUT2D eigenvalue weighted by Crippen LogP contribution is -2.74. The van der Waals surface area contributed by atoms with Gasteiger partial charge in [-0.3, -0.25) is 0 Å². The summed E-state index contributed by atoms with van der Waals surface area (Å²) in [6.07, 6.45) is 0. The van der Waals surface area contributed by atoms with Gasteiger partial charge < -0.3 is 0 Å². The van der Waals surface area contributed by atoms with Crippen LogP contribution in [0.15, 0.2) is 140 Å². The normalized spacial score (nSPS) is 11.6. The second kappa shape index (κ2) is 9.80. The van der Waals surface area contributed by atoms with Crippen LogP contribution in [0, 0.1) is 17.5 Å². The highest BCUT2D eigenvalue weighted by Crippen LogP contribution is 2.24. The Morgan fingerprint density at radius 2 is 0.711 bits per heavy atom. The number of halogens is 3. The van der Waals surface area contributed by atoms with Gasteiger partial charge in [-0.25, -0.2) is 13.2 Å². The first-order valence-corrected chi connectivity index (χ1v) is 14.4. The first-order chi connectivity index (χ1) is 18.5. The third kappa shape index (κ3) is 4.23. The molecular weight excluding hydrogens is 493 g/mol. The van der Waals surface area contributed by atoms with Gasteiger partial charge in [0, 0.05) is 0 Å². The second-order valence-electron chi connectivity index (χ2n) is 9.41. The number of hydrogen-bond donors (Lipinski definition) is 0. The molecule has 0 nitrogen and oxygen atoms in total. The van der Waals surface area contributed by atoms with E-state index in [-0.39, 0.29) is 17.5 Å². The third-order valence-corrected chi connectivity index (χ3v) is 12.0. The van der Waals surface area contributed by atoms with Crippen molar-refractivity contribution in [2.45, 2.75) is 0 Å². The number of benzene rings is 6. The van der Waals surface area contributed by atoms with Crippen LogP contribution in [0.1, 0.15) is 0 Å². The highest BCUT2D eigenvalue weighted by atomic mass is 28.3. The molecule has 0 amide bonds. The van der Waals surface area contributed by atoms with E-state index in [1.165, 1.54) is 47.2 Å². The van der Waals surface area contributed by atoms with Crippen molar-refractivity contribution in [3.63, 3.8) is 0 Å². The van der Waals surface area contributed by atoms with Crippen LogP contribution < -0.4 is 20.7 Å². The van der Waals surface area contributed by atoms with E-state index in [9.17, 15) is 13.2 Å². The van der Waals surface area contributed by atoms with Crippen LogP contribution in [0.4, 0.5) is 13.2 Å². The van der Waals surface area contributed by atoms with Gasteiger partial charge in [0.25, 0.3) is 0 Å². The van der Waals surface area contributed by atoms with Gasteiger partial charge in [-0.2, -0.15) is 0 Å². The maximum Gasteiger partial charge on any atom is 0.179 e. The smallest absolute Gasteiger partial charge is 0.179 e. The minimum Gasteiger partial charge on any atom is -0.207 e. The van der Waals surface area contributed by atoms with Gasteiger partial charge in [0.05, 0.1) is 0 Å². The molecule has 0 aliphatic heterocycles. The molecule has 0 saturated heterocycles. The molecule has 0 atom stereocenters. The number of fused-ring (bicyclic) bond motifs is 1. The Morgan fingerprint density at radius 3 is 1.16 bits per heavy atom. The predicted molar refractivity (Wildman–Crippen MR) is 153 cm³/mol. The van der Waals surface area contributed by atoms with E-state index in [2.05, 4.69) is 54.6 Å². The molecule has 0 N–H and O–H groups in total. The zero-order valence-electron chi connectivity index (χ0n) is 20.4. The zero-order chi connectivity index (χ0) is 26.1. The third-order valence-electron chi connectivity index (χ3n) is 7.23. The fourth-order valence-corrected chi connectivity index (χ4v) is 10.0. The van der Waals surface area contributed by atoms with Crippen LogP contribution in [0.25, 0.3) is 21.9 Å². The molecule has 4 heteroatoms. The minimum atomic E-state index is -3.04. The molecule has 6 aromatic rings. The molecule has 0 fully saturated rings. The Kier molecular flexibility index (Phi) is 6.18. The minimum absolute atomic E-state index is 0.332. The summed E-state index contributed by atoms with van der Waals surface area (Å²) >= 11 is 0. The fraction of sp³-hybridized carbons (Fsp3) is 0. The summed E-state index contributed by atoms with van der Waals surface area (Å²) in [5.74, 6) is -0.996. The van der Waals surface area contributed by atoms with E-state index in [1.807, 2.05) is 12.1 Å². The Labute approximate surface area is 220 Å². The number of rotatable bonds is 5. The molecular formula is C34H23F3Si. The van der Waals surface area contributed by atoms with E-state index < -0.39 is 8.07 Å². The molecule has 0 bridgehead atoms. The zero-order valence-corrected chi connectivity index (χ0v) is 21.4. The van der Waals surface area contributed by atoms with Gasteiger partial charge in [-0.15, -0.1) is 0 Å². The van der Waals surface area contributed by atoms with Crippen molar-refractivity contribution in [3.05, 3.63) is 157 Å². The lowest BCUT2D eigenvalue weighted by molar-refractivity contribution is 0.628. The van der Waals surface area contributed by atoms with E-state index in [0.29, 0.717) is 0 Å². The van der Waals surface area contributed by atoms with Gasteiger partial charge in [-0.1, -0.05) is 97.1 Å². The van der Waals surface area contributed by atoms with Crippen LogP contribution in [-0.4, -0.2) is 8.07 Å². The van der Waals surface area contributed by atoms with Crippen LogP contribution >= 0.6 is 0 Å². The van der Waals surface area contributed by atoms with E-state index in [0.717, 1.165) is 31.9 Å². The average Bonchev–Trinajstić information content (AvgIpc) is 2.96. The van der Waals surface area contributed by atoms with Crippen LogP contribution in [-0.2, 0) is 0 Å². The summed E-state index contributed by atoms with van der Waals surface area (Å²) < 4.78 is 42.2. The molecule has 0 spiro atoms. The summed E-state index contributed by atoms with van der Waals surface area (Å²) in [6, 6.07) is 42.6. The van der Waals surface area contributed by atoms with Gasteiger partial charge in [0.15, 0.2) is 8.07 Å². The molecule has 0 unspecified atom stereocenters. The predicted octanol–water partition coefficient (Wildman–Crippen LogP) is 6.30. The van der Waals surface area contributed by atoms with Gasteiger partial charge in [0.2, 0.25) is 0 Å². The summed E-state index contributed by atoms with van der Waals surface area (Å²) in [4.78, 5) is 0. The largest absolute Gasteiger partial charge is 0.207 e. The summed E-state index contributed by atoms with van der Waals surface area (Å²) in [5.41, 5.74) is 2.17. The molecule has 184 valence electrons. The highest BCUT2D eigenvalue weighted by molar-refractivity contribution is 7.19. The van der Waals surface area contributed by atoms with Crippen molar-refractivity contribution in [3.8, 4) is 11.1 Å². The lowest BCUT2D eigenvalue weighted by Gasteiger charge is -2.34. The Bertz CT molecular complexity index is 1600. The van der Waals surface area contributed by atoms with Crippen molar-refractivity contribution in [2.24, 2.45) is 0 Å². The molecule has 0 heterocycles. The molecule has 0 aromatic heterocycles. The molecule has 6 rings (SSSR count). The van der Waals surface area contributed by atoms with E-state index in [1.54, 1.807) is 36.4 Å². The van der Waals surface area contributed by atoms with Crippen molar-refractivity contribution in [1.29, 1.82) is 0 Å². The lowest BCUT2D eigenvalue weighted by atomic mass is 10.0. The second-order valence-corrected chi connectivity index (χ2v) is 13.2. The topological polar surface area (TPSA) is 0 Å². The summed E-state index contributed by atoms with van der Waals surface area (Å²) in [5, 5.41) is 6.17. The molecule has 0 saturated carbocycles. The average molecular weight is 517 g/mol. The maximum absolute atomic E-state index is 14.1. The molecule has 0 radical (unpaired) electrons. The quantitative estimate of drug-likeness (QED) is 0.186. The molecule has 6 aromatic carbocycles. The van der Waals surface area contributed by atoms with Gasteiger partial charge in [0.1, 0.15) is 17.5 Å². The maximum atomic E-state index is 14.1. The highest BCUT2D eigenvalue weighted by Gasteiger charge is 2.41. The molecule has 0 aliphatic carbocycles. The first-order valence-electron chi connectivity index (χ1n) is 12.4. The molecule has 38 heavy (non-hydrogen) atoms. The van der Waals surface area contributed by atoms with Gasteiger partial charge in [-0.05, 0) is 85.1 Å². The Balaban J connectivity index is 1.58. The van der Waals surface area contributed by atoms with E-state index in [4.69, 9.17) is 0 Å². The summed E-state index contributed by atoms with van der Waals surface area (Å²) in [7, 11) is -3.04. The van der Waals surface area contributed by atoms with Gasteiger partial charge >= 0.3 is 0 Å². The Hall–Kier alpha value is -4.41. The molecule has 0 aliphatic rings. The number of hydrogen-bond acceptors (Lipinski definition) is 0. The monoisotopic (exact) mass is 516 g/mol. The summed E-state index contributed by atoms with van der Waals surface area (Å²) in [6.45, 7) is 0. The standard InChI is InChI=1S/C34H23F3Si/c35-28-9-17-32(18-10-28)38(33-19-11-29(36)12-20-33,34-21-13-30(37)14-22-34)31-15-7-25(8-16-31)27-6-5-24-3-1-2-4-26(24)23-27/h1-23H. The van der Waals surface area contributed by atoms with Crippen LogP contribution in [0.5, 0.6) is 0 Å². The Morgan fingerprint density at radius 1 is 0.342 bits per heavy atom. The van der Waals surface area contributed by atoms with Crippen molar-refractivity contribution in [2.75, 3.05) is 0 Å². The van der Waals surface area contributed by atoms with Crippen molar-refractivity contribution < 1.29 is 13.2 Å². The first kappa shape index (κ1) is 24.0. The van der Waals surface area contributed by atoms with Crippen LogP contribution in [0.2, 0.25) is 0 Å².